The third kappa shape index (κ3) is 3.30. The van der Waals surface area contributed by atoms with Crippen LogP contribution in [0.3, 0.4) is 0 Å². The summed E-state index contributed by atoms with van der Waals surface area (Å²) < 4.78 is 0. The summed E-state index contributed by atoms with van der Waals surface area (Å²) in [7, 11) is 4.00. The van der Waals surface area contributed by atoms with Crippen molar-refractivity contribution in [2.24, 2.45) is 0 Å². The summed E-state index contributed by atoms with van der Waals surface area (Å²) in [6.45, 7) is 2.61. The van der Waals surface area contributed by atoms with Crippen LogP contribution in [0.25, 0.3) is 0 Å². The largest absolute Gasteiger partial charge is 0.378 e. The predicted octanol–water partition coefficient (Wildman–Crippen LogP) is 3.32. The number of rotatable bonds is 5. The molecule has 3 rings (SSSR count). The Balaban J connectivity index is 1.77. The number of aryl methyl sites for hydroxylation is 1. The lowest BCUT2D eigenvalue weighted by Gasteiger charge is -2.22. The van der Waals surface area contributed by atoms with Gasteiger partial charge in [-0.05, 0) is 44.0 Å². The predicted molar refractivity (Wildman–Crippen MR) is 90.5 cm³/mol. The van der Waals surface area contributed by atoms with Crippen molar-refractivity contribution in [3.8, 4) is 0 Å². The fourth-order valence-corrected chi connectivity index (χ4v) is 3.08. The van der Waals surface area contributed by atoms with Gasteiger partial charge in [-0.1, -0.05) is 0 Å². The van der Waals surface area contributed by atoms with E-state index in [-0.39, 0.29) is 5.91 Å². The first kappa shape index (κ1) is 15.0. The van der Waals surface area contributed by atoms with Gasteiger partial charge < -0.3 is 9.80 Å². The number of anilines is 1. The molecule has 1 fully saturated rings. The van der Waals surface area contributed by atoms with Gasteiger partial charge in [0.25, 0.3) is 5.91 Å². The van der Waals surface area contributed by atoms with Gasteiger partial charge in [0.1, 0.15) is 0 Å². The summed E-state index contributed by atoms with van der Waals surface area (Å²) in [5.41, 5.74) is 2.85. The Morgan fingerprint density at radius 3 is 2.45 bits per heavy atom. The van der Waals surface area contributed by atoms with Crippen LogP contribution in [-0.2, 0) is 6.54 Å². The molecule has 1 aliphatic rings. The van der Waals surface area contributed by atoms with Crippen molar-refractivity contribution in [1.82, 2.24) is 9.88 Å². The normalized spacial score (nSPS) is 14.0. The molecule has 1 aromatic heterocycles. The van der Waals surface area contributed by atoms with E-state index in [9.17, 15) is 4.79 Å². The van der Waals surface area contributed by atoms with E-state index in [1.165, 1.54) is 0 Å². The number of nitrogens with zero attached hydrogens (tertiary/aromatic N) is 3. The molecule has 22 heavy (non-hydrogen) atoms. The van der Waals surface area contributed by atoms with Gasteiger partial charge in [0.2, 0.25) is 0 Å². The van der Waals surface area contributed by atoms with Gasteiger partial charge in [-0.25, -0.2) is 4.98 Å². The Morgan fingerprint density at radius 1 is 1.27 bits per heavy atom. The fraction of sp³-hybridized carbons (Fsp3) is 0.412. The van der Waals surface area contributed by atoms with Crippen LogP contribution >= 0.6 is 11.3 Å². The molecule has 5 heteroatoms. The van der Waals surface area contributed by atoms with E-state index in [1.807, 2.05) is 60.5 Å². The number of hydrogen-bond acceptors (Lipinski definition) is 4. The van der Waals surface area contributed by atoms with E-state index < -0.39 is 0 Å². The number of carbonyl (C=O) groups excluding carboxylic acids is 1. The summed E-state index contributed by atoms with van der Waals surface area (Å²) in [6, 6.07) is 8.19. The molecule has 1 aromatic carbocycles. The van der Waals surface area contributed by atoms with Crippen molar-refractivity contribution >= 4 is 22.9 Å². The molecule has 1 amide bonds. The van der Waals surface area contributed by atoms with Crippen molar-refractivity contribution in [1.29, 1.82) is 0 Å². The molecule has 0 bridgehead atoms. The van der Waals surface area contributed by atoms with Crippen molar-refractivity contribution in [3.05, 3.63) is 45.9 Å². The summed E-state index contributed by atoms with van der Waals surface area (Å²) in [4.78, 5) is 21.3. The van der Waals surface area contributed by atoms with Crippen molar-refractivity contribution < 1.29 is 4.79 Å². The van der Waals surface area contributed by atoms with Crippen molar-refractivity contribution in [3.63, 3.8) is 0 Å². The third-order valence-electron chi connectivity index (χ3n) is 3.88. The molecular weight excluding hydrogens is 294 g/mol. The lowest BCUT2D eigenvalue weighted by atomic mass is 10.1. The summed E-state index contributed by atoms with van der Waals surface area (Å²) in [5, 5.41) is 3.10. The maximum atomic E-state index is 12.8. The second kappa shape index (κ2) is 6.08. The lowest BCUT2D eigenvalue weighted by Crippen LogP contribution is -2.32. The maximum Gasteiger partial charge on any atom is 0.254 e. The third-order valence-corrected chi connectivity index (χ3v) is 4.70. The molecule has 0 saturated heterocycles. The smallest absolute Gasteiger partial charge is 0.254 e. The van der Waals surface area contributed by atoms with Crippen molar-refractivity contribution in [2.45, 2.75) is 32.4 Å². The zero-order chi connectivity index (χ0) is 15.7. The molecule has 1 saturated carbocycles. The molecule has 2 aromatic rings. The minimum atomic E-state index is 0.110. The lowest BCUT2D eigenvalue weighted by molar-refractivity contribution is 0.0728. The highest BCUT2D eigenvalue weighted by molar-refractivity contribution is 7.09. The SMILES string of the molecule is Cc1nc(CN(C(=O)c2ccc(N(C)C)cc2)C2CC2)cs1. The average molecular weight is 315 g/mol. The monoisotopic (exact) mass is 315 g/mol. The Morgan fingerprint density at radius 2 is 1.95 bits per heavy atom. The molecular formula is C17H21N3OS. The first-order valence-corrected chi connectivity index (χ1v) is 8.42. The highest BCUT2D eigenvalue weighted by atomic mass is 32.1. The van der Waals surface area contributed by atoms with Crippen LogP contribution in [0, 0.1) is 6.92 Å². The fourth-order valence-electron chi connectivity index (χ4n) is 2.48. The molecule has 0 atom stereocenters. The highest BCUT2D eigenvalue weighted by Gasteiger charge is 2.33. The number of carbonyl (C=O) groups is 1. The number of amides is 1. The number of benzene rings is 1. The first-order valence-electron chi connectivity index (χ1n) is 7.54. The average Bonchev–Trinajstić information content (AvgIpc) is 3.27. The van der Waals surface area contributed by atoms with Crippen molar-refractivity contribution in [2.75, 3.05) is 19.0 Å². The van der Waals surface area contributed by atoms with E-state index in [4.69, 9.17) is 0 Å². The zero-order valence-electron chi connectivity index (χ0n) is 13.2. The van der Waals surface area contributed by atoms with Gasteiger partial charge in [0, 0.05) is 36.8 Å². The van der Waals surface area contributed by atoms with Gasteiger partial charge in [-0.3, -0.25) is 4.79 Å². The quantitative estimate of drug-likeness (QED) is 0.849. The van der Waals surface area contributed by atoms with Crippen LogP contribution in [-0.4, -0.2) is 35.9 Å². The second-order valence-corrected chi connectivity index (χ2v) is 7.03. The van der Waals surface area contributed by atoms with Crippen LogP contribution in [0.5, 0.6) is 0 Å². The number of hydrogen-bond donors (Lipinski definition) is 0. The van der Waals surface area contributed by atoms with Gasteiger partial charge >= 0.3 is 0 Å². The number of thiazole rings is 1. The van der Waals surface area contributed by atoms with Crippen LogP contribution in [0.1, 0.15) is 33.9 Å². The molecule has 0 radical (unpaired) electrons. The Bertz CT molecular complexity index is 659. The summed E-state index contributed by atoms with van der Waals surface area (Å²) in [5.74, 6) is 0.110. The highest BCUT2D eigenvalue weighted by Crippen LogP contribution is 2.30. The van der Waals surface area contributed by atoms with E-state index >= 15 is 0 Å². The molecule has 0 spiro atoms. The van der Waals surface area contributed by atoms with Gasteiger partial charge in [-0.2, -0.15) is 0 Å². The zero-order valence-corrected chi connectivity index (χ0v) is 14.1. The van der Waals surface area contributed by atoms with E-state index in [1.54, 1.807) is 11.3 Å². The maximum absolute atomic E-state index is 12.8. The van der Waals surface area contributed by atoms with E-state index in [0.29, 0.717) is 12.6 Å². The summed E-state index contributed by atoms with van der Waals surface area (Å²) >= 11 is 1.64. The van der Waals surface area contributed by atoms with Gasteiger partial charge in [-0.15, -0.1) is 11.3 Å². The molecule has 0 unspecified atom stereocenters. The molecule has 0 N–H and O–H groups in total. The van der Waals surface area contributed by atoms with E-state index in [2.05, 4.69) is 4.98 Å². The van der Waals surface area contributed by atoms with Gasteiger partial charge in [0.05, 0.1) is 17.2 Å². The summed E-state index contributed by atoms with van der Waals surface area (Å²) in [6.07, 6.45) is 2.20. The standard InChI is InChI=1S/C17H21N3OS/c1-12-18-14(11-22-12)10-20(16-8-9-16)17(21)13-4-6-15(7-5-13)19(2)3/h4-7,11,16H,8-10H2,1-3H3. The van der Waals surface area contributed by atoms with Crippen LogP contribution in [0.15, 0.2) is 29.6 Å². The number of aromatic nitrogens is 1. The molecule has 1 aliphatic carbocycles. The topological polar surface area (TPSA) is 36.4 Å². The second-order valence-electron chi connectivity index (χ2n) is 5.96. The Hall–Kier alpha value is -1.88. The Labute approximate surface area is 135 Å². The minimum Gasteiger partial charge on any atom is -0.378 e. The minimum absolute atomic E-state index is 0.110. The molecule has 4 nitrogen and oxygen atoms in total. The first-order chi connectivity index (χ1) is 10.5. The van der Waals surface area contributed by atoms with E-state index in [0.717, 1.165) is 34.8 Å². The molecule has 1 heterocycles. The molecule has 116 valence electrons. The van der Waals surface area contributed by atoms with Crippen LogP contribution < -0.4 is 4.90 Å². The molecule has 0 aliphatic heterocycles. The Kier molecular flexibility index (Phi) is 4.16. The van der Waals surface area contributed by atoms with Crippen LogP contribution in [0.2, 0.25) is 0 Å². The van der Waals surface area contributed by atoms with Gasteiger partial charge in [0.15, 0.2) is 0 Å². The van der Waals surface area contributed by atoms with Crippen LogP contribution in [0.4, 0.5) is 5.69 Å².